The van der Waals surface area contributed by atoms with Crippen LogP contribution in [-0.2, 0) is 9.53 Å². The van der Waals surface area contributed by atoms with Crippen LogP contribution in [0.3, 0.4) is 0 Å². The summed E-state index contributed by atoms with van der Waals surface area (Å²) in [6, 6.07) is 22.2. The predicted octanol–water partition coefficient (Wildman–Crippen LogP) is 6.54. The highest BCUT2D eigenvalue weighted by Crippen LogP contribution is 2.33. The van der Waals surface area contributed by atoms with E-state index in [1.807, 2.05) is 54.6 Å². The van der Waals surface area contributed by atoms with Gasteiger partial charge in [-0.15, -0.1) is 22.7 Å². The number of fused-ring (bicyclic) bond motifs is 1. The van der Waals surface area contributed by atoms with Gasteiger partial charge in [0.1, 0.15) is 5.01 Å². The Morgan fingerprint density at radius 2 is 1.65 bits per heavy atom. The summed E-state index contributed by atoms with van der Waals surface area (Å²) in [7, 11) is 0. The van der Waals surface area contributed by atoms with Gasteiger partial charge < -0.3 is 4.74 Å². The summed E-state index contributed by atoms with van der Waals surface area (Å²) < 4.78 is 6.32. The normalized spacial score (nSPS) is 10.9. The Morgan fingerprint density at radius 3 is 2.47 bits per heavy atom. The summed E-state index contributed by atoms with van der Waals surface area (Å²) in [6.07, 6.45) is 0. The second-order valence-corrected chi connectivity index (χ2v) is 9.47. The van der Waals surface area contributed by atoms with Crippen LogP contribution in [0.25, 0.3) is 32.0 Å². The molecule has 34 heavy (non-hydrogen) atoms. The van der Waals surface area contributed by atoms with Gasteiger partial charge in [0.15, 0.2) is 11.7 Å². The van der Waals surface area contributed by atoms with Crippen LogP contribution in [0.4, 0.5) is 5.13 Å². The number of carbonyl (C=O) groups is 2. The van der Waals surface area contributed by atoms with E-state index in [1.54, 1.807) is 23.6 Å². The Morgan fingerprint density at radius 1 is 0.912 bits per heavy atom. The van der Waals surface area contributed by atoms with Crippen LogP contribution < -0.4 is 5.32 Å². The predicted molar refractivity (Wildman–Crippen MR) is 137 cm³/mol. The Hall–Kier alpha value is -3.59. The van der Waals surface area contributed by atoms with Gasteiger partial charge in [0.25, 0.3) is 5.91 Å². The molecule has 2 heterocycles. The molecule has 0 fully saturated rings. The third kappa shape index (κ3) is 4.70. The number of hydrogen-bond donors (Lipinski definition) is 1. The van der Waals surface area contributed by atoms with E-state index in [1.165, 1.54) is 22.7 Å². The number of para-hydroxylation sites is 1. The van der Waals surface area contributed by atoms with Gasteiger partial charge in [0.05, 0.1) is 21.5 Å². The van der Waals surface area contributed by atoms with Crippen molar-refractivity contribution in [2.45, 2.75) is 0 Å². The average Bonchev–Trinajstić information content (AvgIpc) is 3.50. The summed E-state index contributed by atoms with van der Waals surface area (Å²) in [5.74, 6) is -1.08. The van der Waals surface area contributed by atoms with Crippen molar-refractivity contribution in [3.63, 3.8) is 0 Å². The van der Waals surface area contributed by atoms with Gasteiger partial charge in [-0.05, 0) is 24.3 Å². The smallest absolute Gasteiger partial charge is 0.339 e. The molecule has 1 N–H and O–H groups in total. The molecule has 0 bridgehead atoms. The van der Waals surface area contributed by atoms with Crippen molar-refractivity contribution in [1.29, 1.82) is 0 Å². The zero-order valence-corrected chi connectivity index (χ0v) is 19.9. The van der Waals surface area contributed by atoms with E-state index >= 15 is 0 Å². The summed E-state index contributed by atoms with van der Waals surface area (Å²) in [4.78, 5) is 34.2. The zero-order valence-electron chi connectivity index (χ0n) is 17.5. The van der Waals surface area contributed by atoms with Gasteiger partial charge in [-0.3, -0.25) is 10.1 Å². The minimum absolute atomic E-state index is 0.351. The number of nitrogens with one attached hydrogen (secondary N) is 1. The Bertz CT molecular complexity index is 1480. The van der Waals surface area contributed by atoms with Gasteiger partial charge in [-0.25, -0.2) is 14.8 Å². The molecule has 5 aromatic rings. The molecule has 9 heteroatoms. The summed E-state index contributed by atoms with van der Waals surface area (Å²) in [6.45, 7) is -0.436. The summed E-state index contributed by atoms with van der Waals surface area (Å²) >= 11 is 8.97. The molecule has 0 radical (unpaired) electrons. The van der Waals surface area contributed by atoms with E-state index in [4.69, 9.17) is 16.3 Å². The summed E-state index contributed by atoms with van der Waals surface area (Å²) in [5.41, 5.74) is 3.32. The van der Waals surface area contributed by atoms with Crippen molar-refractivity contribution in [2.75, 3.05) is 11.9 Å². The highest BCUT2D eigenvalue weighted by molar-refractivity contribution is 7.21. The second-order valence-electron chi connectivity index (χ2n) is 7.17. The SMILES string of the molecule is O=C(COC(=O)c1ccccc1-c1nc2ccccc2s1)Nc1nc(-c2ccccc2Cl)cs1. The minimum Gasteiger partial charge on any atom is -0.452 e. The molecule has 3 aromatic carbocycles. The monoisotopic (exact) mass is 505 g/mol. The fraction of sp³-hybridized carbons (Fsp3) is 0.0400. The van der Waals surface area contributed by atoms with E-state index in [-0.39, 0.29) is 0 Å². The third-order valence-corrected chi connectivity index (χ3v) is 7.06. The molecule has 0 aliphatic heterocycles. The minimum atomic E-state index is -0.596. The number of halogens is 1. The first kappa shape index (κ1) is 22.2. The summed E-state index contributed by atoms with van der Waals surface area (Å²) in [5, 5.41) is 6.15. The molecular weight excluding hydrogens is 490 g/mol. The molecule has 2 aromatic heterocycles. The first-order chi connectivity index (χ1) is 16.6. The van der Waals surface area contributed by atoms with Gasteiger partial charge in [-0.1, -0.05) is 60.1 Å². The number of nitrogens with zero attached hydrogens (tertiary/aromatic N) is 2. The van der Waals surface area contributed by atoms with Crippen LogP contribution in [0.2, 0.25) is 5.02 Å². The quantitative estimate of drug-likeness (QED) is 0.265. The molecule has 5 rings (SSSR count). The maximum absolute atomic E-state index is 12.8. The molecule has 0 saturated heterocycles. The number of thiazole rings is 2. The van der Waals surface area contributed by atoms with E-state index < -0.39 is 18.5 Å². The number of hydrogen-bond acceptors (Lipinski definition) is 7. The fourth-order valence-electron chi connectivity index (χ4n) is 3.32. The van der Waals surface area contributed by atoms with Crippen LogP contribution in [0, 0.1) is 0 Å². The molecule has 0 atom stereocenters. The number of anilines is 1. The molecule has 0 aliphatic rings. The Kier molecular flexibility index (Phi) is 6.35. The lowest BCUT2D eigenvalue weighted by molar-refractivity contribution is -0.119. The number of aromatic nitrogens is 2. The van der Waals surface area contributed by atoms with Crippen molar-refractivity contribution in [1.82, 2.24) is 9.97 Å². The largest absolute Gasteiger partial charge is 0.452 e. The number of carbonyl (C=O) groups excluding carboxylic acids is 2. The average molecular weight is 506 g/mol. The second kappa shape index (κ2) is 9.72. The van der Waals surface area contributed by atoms with Crippen molar-refractivity contribution >= 4 is 61.5 Å². The van der Waals surface area contributed by atoms with Crippen LogP contribution in [0.15, 0.2) is 78.2 Å². The van der Waals surface area contributed by atoms with Crippen LogP contribution in [0.1, 0.15) is 10.4 Å². The third-order valence-electron chi connectivity index (χ3n) is 4.91. The molecule has 1 amide bonds. The van der Waals surface area contributed by atoms with E-state index in [0.29, 0.717) is 32.0 Å². The van der Waals surface area contributed by atoms with Crippen molar-refractivity contribution < 1.29 is 14.3 Å². The van der Waals surface area contributed by atoms with Crippen LogP contribution >= 0.6 is 34.3 Å². The maximum atomic E-state index is 12.8. The Balaban J connectivity index is 1.25. The molecule has 0 spiro atoms. The lowest BCUT2D eigenvalue weighted by Crippen LogP contribution is -2.21. The number of rotatable bonds is 6. The number of ether oxygens (including phenoxy) is 1. The standard InChI is InChI=1S/C25H16ClN3O3S2/c26-18-10-4-3-9-17(18)20-14-33-25(28-20)29-22(30)13-32-24(31)16-8-2-1-7-15(16)23-27-19-11-5-6-12-21(19)34-23/h1-12,14H,13H2,(H,28,29,30). The molecule has 168 valence electrons. The van der Waals surface area contributed by atoms with Crippen LogP contribution in [-0.4, -0.2) is 28.5 Å². The van der Waals surface area contributed by atoms with E-state index in [9.17, 15) is 9.59 Å². The van der Waals surface area contributed by atoms with Crippen molar-refractivity contribution in [3.8, 4) is 21.8 Å². The maximum Gasteiger partial charge on any atom is 0.339 e. The van der Waals surface area contributed by atoms with E-state index in [2.05, 4.69) is 15.3 Å². The highest BCUT2D eigenvalue weighted by atomic mass is 35.5. The number of esters is 1. The lowest BCUT2D eigenvalue weighted by atomic mass is 10.1. The number of benzene rings is 3. The number of amides is 1. The zero-order chi connectivity index (χ0) is 23.5. The highest BCUT2D eigenvalue weighted by Gasteiger charge is 2.18. The van der Waals surface area contributed by atoms with Gasteiger partial charge in [-0.2, -0.15) is 0 Å². The fourth-order valence-corrected chi connectivity index (χ4v) is 5.29. The molecular formula is C25H16ClN3O3S2. The lowest BCUT2D eigenvalue weighted by Gasteiger charge is -2.08. The van der Waals surface area contributed by atoms with Crippen molar-refractivity contribution in [3.05, 3.63) is 88.8 Å². The molecule has 0 saturated carbocycles. The van der Waals surface area contributed by atoms with Gasteiger partial charge in [0.2, 0.25) is 0 Å². The molecule has 0 unspecified atom stereocenters. The van der Waals surface area contributed by atoms with Gasteiger partial charge in [0, 0.05) is 21.5 Å². The van der Waals surface area contributed by atoms with Crippen molar-refractivity contribution in [2.24, 2.45) is 0 Å². The molecule has 6 nitrogen and oxygen atoms in total. The van der Waals surface area contributed by atoms with Gasteiger partial charge >= 0.3 is 5.97 Å². The molecule has 0 aliphatic carbocycles. The van der Waals surface area contributed by atoms with E-state index in [0.717, 1.165) is 15.8 Å². The topological polar surface area (TPSA) is 81.2 Å². The van der Waals surface area contributed by atoms with Crippen LogP contribution in [0.5, 0.6) is 0 Å². The Labute approximate surface area is 207 Å². The first-order valence-electron chi connectivity index (χ1n) is 10.2. The first-order valence-corrected chi connectivity index (χ1v) is 12.3.